The van der Waals surface area contributed by atoms with Gasteiger partial charge < -0.3 is 11.1 Å². The number of nitrogens with zero attached hydrogens (tertiary/aromatic N) is 1. The highest BCUT2D eigenvalue weighted by Gasteiger charge is 2.16. The largest absolute Gasteiger partial charge is 0.397 e. The summed E-state index contributed by atoms with van der Waals surface area (Å²) in [4.78, 5) is 16.4. The molecule has 21 heavy (non-hydrogen) atoms. The van der Waals surface area contributed by atoms with Gasteiger partial charge in [-0.25, -0.2) is 4.98 Å². The number of amides is 1. The third-order valence-corrected chi connectivity index (χ3v) is 4.41. The molecule has 4 nitrogen and oxygen atoms in total. The van der Waals surface area contributed by atoms with E-state index in [1.54, 1.807) is 24.4 Å². The molecule has 0 aliphatic heterocycles. The van der Waals surface area contributed by atoms with Crippen LogP contribution in [0.25, 0.3) is 0 Å². The lowest BCUT2D eigenvalue weighted by Crippen LogP contribution is -2.23. The number of nitrogens with one attached hydrogen (secondary N) is 1. The minimum atomic E-state index is -0.278. The number of carbonyl (C=O) groups is 1. The average Bonchev–Trinajstić information content (AvgIpc) is 2.46. The zero-order valence-electron chi connectivity index (χ0n) is 11.8. The molecule has 0 aliphatic carbocycles. The molecule has 1 amide bonds. The van der Waals surface area contributed by atoms with Crippen LogP contribution in [0.3, 0.4) is 0 Å². The van der Waals surface area contributed by atoms with Crippen molar-refractivity contribution in [2.24, 2.45) is 0 Å². The van der Waals surface area contributed by atoms with Crippen LogP contribution in [0, 0.1) is 6.92 Å². The van der Waals surface area contributed by atoms with Gasteiger partial charge in [0.1, 0.15) is 0 Å². The second kappa shape index (κ2) is 6.83. The molecular weight excluding hydrogens is 306 g/mol. The Bertz CT molecular complexity index is 646. The smallest absolute Gasteiger partial charge is 0.237 e. The number of halogens is 1. The van der Waals surface area contributed by atoms with Crippen molar-refractivity contribution in [2.45, 2.75) is 24.1 Å². The lowest BCUT2D eigenvalue weighted by molar-refractivity contribution is -0.115. The molecule has 0 saturated carbocycles. The van der Waals surface area contributed by atoms with Crippen LogP contribution in [0.2, 0.25) is 5.02 Å². The number of pyridine rings is 1. The molecule has 1 heterocycles. The molecule has 3 N–H and O–H groups in total. The van der Waals surface area contributed by atoms with Crippen molar-refractivity contribution in [3.05, 3.63) is 47.1 Å². The van der Waals surface area contributed by atoms with E-state index in [1.165, 1.54) is 11.8 Å². The quantitative estimate of drug-likeness (QED) is 0.842. The number of carbonyl (C=O) groups excluding carboxylic acids is 1. The van der Waals surface area contributed by atoms with Gasteiger partial charge in [-0.3, -0.25) is 4.79 Å². The molecule has 1 unspecified atom stereocenters. The maximum absolute atomic E-state index is 12.2. The summed E-state index contributed by atoms with van der Waals surface area (Å²) in [5.41, 5.74) is 7.77. The molecule has 0 saturated heterocycles. The second-order valence-electron chi connectivity index (χ2n) is 4.59. The van der Waals surface area contributed by atoms with Gasteiger partial charge in [0.05, 0.1) is 22.2 Å². The highest BCUT2D eigenvalue weighted by molar-refractivity contribution is 8.00. The predicted molar refractivity (Wildman–Crippen MR) is 88.8 cm³/mol. The number of benzene rings is 1. The first-order valence-electron chi connectivity index (χ1n) is 6.41. The summed E-state index contributed by atoms with van der Waals surface area (Å²) in [6, 6.07) is 9.00. The van der Waals surface area contributed by atoms with Crippen molar-refractivity contribution in [1.82, 2.24) is 4.98 Å². The Morgan fingerprint density at radius 1 is 1.38 bits per heavy atom. The van der Waals surface area contributed by atoms with Crippen molar-refractivity contribution in [1.29, 1.82) is 0 Å². The van der Waals surface area contributed by atoms with Crippen LogP contribution in [-0.2, 0) is 4.79 Å². The Hall–Kier alpha value is -1.72. The van der Waals surface area contributed by atoms with Gasteiger partial charge in [0.2, 0.25) is 5.91 Å². The van der Waals surface area contributed by atoms with Crippen LogP contribution >= 0.6 is 23.4 Å². The number of anilines is 2. The Balaban J connectivity index is 2.02. The first kappa shape index (κ1) is 15.7. The SMILES string of the molecule is Cc1c(Cl)cccc1NC(=O)C(C)Sc1ccc(N)cn1. The fourth-order valence-corrected chi connectivity index (χ4v) is 2.64. The van der Waals surface area contributed by atoms with Gasteiger partial charge in [-0.1, -0.05) is 29.4 Å². The van der Waals surface area contributed by atoms with Crippen LogP contribution in [0.1, 0.15) is 12.5 Å². The van der Waals surface area contributed by atoms with Gasteiger partial charge in [-0.2, -0.15) is 0 Å². The van der Waals surface area contributed by atoms with Crippen LogP contribution in [0.4, 0.5) is 11.4 Å². The van der Waals surface area contributed by atoms with E-state index in [-0.39, 0.29) is 11.2 Å². The monoisotopic (exact) mass is 321 g/mol. The normalized spacial score (nSPS) is 12.0. The van der Waals surface area contributed by atoms with Crippen molar-refractivity contribution < 1.29 is 4.79 Å². The number of rotatable bonds is 4. The second-order valence-corrected chi connectivity index (χ2v) is 6.36. The topological polar surface area (TPSA) is 68.0 Å². The van der Waals surface area contributed by atoms with Gasteiger partial charge in [-0.15, -0.1) is 0 Å². The average molecular weight is 322 g/mol. The molecule has 0 aliphatic rings. The Kier molecular flexibility index (Phi) is 5.09. The van der Waals surface area contributed by atoms with Crippen molar-refractivity contribution in [3.63, 3.8) is 0 Å². The van der Waals surface area contributed by atoms with E-state index in [1.807, 2.05) is 26.0 Å². The highest BCUT2D eigenvalue weighted by Crippen LogP contribution is 2.26. The van der Waals surface area contributed by atoms with Crippen LogP contribution < -0.4 is 11.1 Å². The van der Waals surface area contributed by atoms with E-state index in [0.29, 0.717) is 10.7 Å². The van der Waals surface area contributed by atoms with Gasteiger partial charge in [0, 0.05) is 10.7 Å². The molecular formula is C15H16ClN3OS. The maximum atomic E-state index is 12.2. The molecule has 1 aromatic carbocycles. The van der Waals surface area contributed by atoms with Gasteiger partial charge in [-0.05, 0) is 43.7 Å². The minimum Gasteiger partial charge on any atom is -0.397 e. The number of thioether (sulfide) groups is 1. The van der Waals surface area contributed by atoms with Gasteiger partial charge in [0.15, 0.2) is 0 Å². The van der Waals surface area contributed by atoms with Crippen molar-refractivity contribution in [3.8, 4) is 0 Å². The summed E-state index contributed by atoms with van der Waals surface area (Å²) in [6.45, 7) is 3.70. The number of nitrogen functional groups attached to an aromatic ring is 1. The van der Waals surface area contributed by atoms with E-state index < -0.39 is 0 Å². The molecule has 1 aromatic heterocycles. The highest BCUT2D eigenvalue weighted by atomic mass is 35.5. The number of hydrogen-bond donors (Lipinski definition) is 2. The van der Waals surface area contributed by atoms with Crippen LogP contribution in [-0.4, -0.2) is 16.1 Å². The standard InChI is InChI=1S/C15H16ClN3OS/c1-9-12(16)4-3-5-13(9)19-15(20)10(2)21-14-7-6-11(17)8-18-14/h3-8,10H,17H2,1-2H3,(H,19,20). The summed E-state index contributed by atoms with van der Waals surface area (Å²) in [6.07, 6.45) is 1.58. The fraction of sp³-hybridized carbons (Fsp3) is 0.200. The number of hydrogen-bond acceptors (Lipinski definition) is 4. The molecule has 110 valence electrons. The lowest BCUT2D eigenvalue weighted by atomic mass is 10.2. The van der Waals surface area contributed by atoms with Crippen molar-refractivity contribution in [2.75, 3.05) is 11.1 Å². The zero-order valence-corrected chi connectivity index (χ0v) is 13.3. The van der Waals surface area contributed by atoms with E-state index >= 15 is 0 Å². The summed E-state index contributed by atoms with van der Waals surface area (Å²) in [5, 5.41) is 4.00. The molecule has 0 radical (unpaired) electrons. The number of nitrogens with two attached hydrogens (primary N) is 1. The Labute approximate surface area is 133 Å². The third kappa shape index (κ3) is 4.12. The summed E-state index contributed by atoms with van der Waals surface area (Å²) < 4.78 is 0. The molecule has 0 bridgehead atoms. The minimum absolute atomic E-state index is 0.0935. The van der Waals surface area contributed by atoms with E-state index in [9.17, 15) is 4.79 Å². The molecule has 2 rings (SSSR count). The first-order chi connectivity index (χ1) is 9.97. The molecule has 2 aromatic rings. The first-order valence-corrected chi connectivity index (χ1v) is 7.67. The zero-order chi connectivity index (χ0) is 15.4. The van der Waals surface area contributed by atoms with Crippen LogP contribution in [0.5, 0.6) is 0 Å². The molecule has 0 fully saturated rings. The van der Waals surface area contributed by atoms with Crippen LogP contribution in [0.15, 0.2) is 41.6 Å². The summed E-state index contributed by atoms with van der Waals surface area (Å²) >= 11 is 7.42. The van der Waals surface area contributed by atoms with Gasteiger partial charge >= 0.3 is 0 Å². The van der Waals surface area contributed by atoms with Gasteiger partial charge in [0.25, 0.3) is 0 Å². The number of aromatic nitrogens is 1. The third-order valence-electron chi connectivity index (χ3n) is 2.95. The molecule has 0 spiro atoms. The predicted octanol–water partition coefficient (Wildman–Crippen LogP) is 3.74. The fourth-order valence-electron chi connectivity index (χ4n) is 1.67. The summed E-state index contributed by atoms with van der Waals surface area (Å²) in [7, 11) is 0. The van der Waals surface area contributed by atoms with E-state index in [4.69, 9.17) is 17.3 Å². The van der Waals surface area contributed by atoms with E-state index in [0.717, 1.165) is 16.3 Å². The lowest BCUT2D eigenvalue weighted by Gasteiger charge is -2.13. The molecule has 6 heteroatoms. The summed E-state index contributed by atoms with van der Waals surface area (Å²) in [5.74, 6) is -0.0935. The molecule has 1 atom stereocenters. The van der Waals surface area contributed by atoms with E-state index in [2.05, 4.69) is 10.3 Å². The Morgan fingerprint density at radius 3 is 2.81 bits per heavy atom. The Morgan fingerprint density at radius 2 is 2.14 bits per heavy atom. The van der Waals surface area contributed by atoms with Crippen molar-refractivity contribution >= 4 is 40.6 Å². The maximum Gasteiger partial charge on any atom is 0.237 e.